The largest absolute Gasteiger partial charge is 0.325 e. The number of aryl methyl sites for hydroxylation is 4. The van der Waals surface area contributed by atoms with Gasteiger partial charge in [-0.05, 0) is 107 Å². The summed E-state index contributed by atoms with van der Waals surface area (Å²) in [7, 11) is 0. The third-order valence-electron chi connectivity index (χ3n) is 8.30. The summed E-state index contributed by atoms with van der Waals surface area (Å²) < 4.78 is 0. The molecule has 4 nitrogen and oxygen atoms in total. The van der Waals surface area contributed by atoms with E-state index in [2.05, 4.69) is 41.8 Å². The Labute approximate surface area is 191 Å². The average molecular weight is 431 g/mol. The lowest BCUT2D eigenvalue weighted by atomic mass is 9.43. The van der Waals surface area contributed by atoms with E-state index >= 15 is 0 Å². The zero-order chi connectivity index (χ0) is 22.7. The first-order valence-corrected chi connectivity index (χ1v) is 12.0. The van der Waals surface area contributed by atoms with E-state index in [1.165, 1.54) is 5.56 Å². The molecule has 4 fully saturated rings. The third-order valence-corrected chi connectivity index (χ3v) is 8.30. The summed E-state index contributed by atoms with van der Waals surface area (Å²) in [5.41, 5.74) is 5.43. The SMILES string of the molecule is Cc1ccc(NC(=O)C23CC4CC(C2)CC(C(=O)Nc2cc(C)ccc2C)(C4)C3)c(C)c1. The monoisotopic (exact) mass is 430 g/mol. The second-order valence-corrected chi connectivity index (χ2v) is 11.1. The van der Waals surface area contributed by atoms with Gasteiger partial charge in [0.05, 0.1) is 10.8 Å². The Morgan fingerprint density at radius 3 is 1.84 bits per heavy atom. The molecule has 2 amide bonds. The normalized spacial score (nSPS) is 30.2. The van der Waals surface area contributed by atoms with Crippen LogP contribution in [0.15, 0.2) is 36.4 Å². The van der Waals surface area contributed by atoms with Gasteiger partial charge in [0.2, 0.25) is 11.8 Å². The van der Waals surface area contributed by atoms with Crippen LogP contribution < -0.4 is 10.6 Å². The Balaban J connectivity index is 1.41. The van der Waals surface area contributed by atoms with Crippen LogP contribution in [0.2, 0.25) is 0 Å². The molecule has 0 heterocycles. The third kappa shape index (κ3) is 3.54. The van der Waals surface area contributed by atoms with Crippen molar-refractivity contribution in [3.63, 3.8) is 0 Å². The highest BCUT2D eigenvalue weighted by Crippen LogP contribution is 2.65. The van der Waals surface area contributed by atoms with Crippen molar-refractivity contribution in [3.8, 4) is 0 Å². The fourth-order valence-corrected chi connectivity index (χ4v) is 7.13. The minimum Gasteiger partial charge on any atom is -0.325 e. The Kier molecular flexibility index (Phi) is 4.96. The lowest BCUT2D eigenvalue weighted by Gasteiger charge is -2.60. The molecule has 4 bridgehead atoms. The van der Waals surface area contributed by atoms with Crippen molar-refractivity contribution in [2.45, 2.75) is 66.2 Å². The Bertz CT molecular complexity index is 1090. The number of rotatable bonds is 4. The van der Waals surface area contributed by atoms with Crippen molar-refractivity contribution in [1.29, 1.82) is 0 Å². The molecule has 0 spiro atoms. The van der Waals surface area contributed by atoms with Gasteiger partial charge in [-0.2, -0.15) is 0 Å². The van der Waals surface area contributed by atoms with Gasteiger partial charge in [0, 0.05) is 11.4 Å². The highest BCUT2D eigenvalue weighted by Gasteiger charge is 2.63. The molecule has 2 aromatic carbocycles. The van der Waals surface area contributed by atoms with Crippen LogP contribution in [0, 0.1) is 50.4 Å². The number of anilines is 2. The smallest absolute Gasteiger partial charge is 0.230 e. The second kappa shape index (κ2) is 7.47. The Morgan fingerprint density at radius 2 is 1.25 bits per heavy atom. The molecular weight excluding hydrogens is 396 g/mol. The highest BCUT2D eigenvalue weighted by atomic mass is 16.2. The first-order valence-electron chi connectivity index (χ1n) is 12.0. The molecule has 4 heteroatoms. The van der Waals surface area contributed by atoms with E-state index in [9.17, 15) is 9.59 Å². The average Bonchev–Trinajstić information content (AvgIpc) is 2.71. The molecule has 168 valence electrons. The first kappa shape index (κ1) is 21.2. The van der Waals surface area contributed by atoms with E-state index in [1.54, 1.807) is 0 Å². The van der Waals surface area contributed by atoms with E-state index in [0.717, 1.165) is 60.2 Å². The maximum atomic E-state index is 13.7. The molecule has 32 heavy (non-hydrogen) atoms. The van der Waals surface area contributed by atoms with Crippen LogP contribution in [0.1, 0.15) is 60.8 Å². The lowest BCUT2D eigenvalue weighted by Crippen LogP contribution is -2.59. The summed E-state index contributed by atoms with van der Waals surface area (Å²) in [6.07, 6.45) is 5.49. The predicted octanol–water partition coefficient (Wildman–Crippen LogP) is 6.08. The van der Waals surface area contributed by atoms with Gasteiger partial charge in [-0.15, -0.1) is 0 Å². The van der Waals surface area contributed by atoms with E-state index in [-0.39, 0.29) is 11.8 Å². The first-order chi connectivity index (χ1) is 15.2. The summed E-state index contributed by atoms with van der Waals surface area (Å²) in [5.74, 6) is 1.15. The summed E-state index contributed by atoms with van der Waals surface area (Å²) in [6, 6.07) is 12.3. The molecule has 0 saturated heterocycles. The number of amides is 2. The van der Waals surface area contributed by atoms with Crippen molar-refractivity contribution in [3.05, 3.63) is 58.7 Å². The molecule has 0 radical (unpaired) electrons. The number of nitrogens with one attached hydrogen (secondary N) is 2. The highest BCUT2D eigenvalue weighted by molar-refractivity contribution is 6.00. The van der Waals surface area contributed by atoms with Crippen LogP contribution in [0.25, 0.3) is 0 Å². The molecule has 0 aromatic heterocycles. The Morgan fingerprint density at radius 1 is 0.719 bits per heavy atom. The van der Waals surface area contributed by atoms with Crippen LogP contribution in [0.5, 0.6) is 0 Å². The molecule has 2 N–H and O–H groups in total. The number of hydrogen-bond acceptors (Lipinski definition) is 2. The molecule has 0 aliphatic heterocycles. The standard InChI is InChI=1S/C28H34N2O2/c1-17-6-8-23(20(4)9-17)29-25(31)27-12-21-11-22(13-27)15-28(14-21,16-27)26(32)30-24-10-18(2)5-7-19(24)3/h5-10,21-22H,11-16H2,1-4H3,(H,29,31)(H,30,32). The molecule has 2 atom stereocenters. The van der Waals surface area contributed by atoms with Crippen molar-refractivity contribution in [2.75, 3.05) is 10.6 Å². The van der Waals surface area contributed by atoms with Gasteiger partial charge >= 0.3 is 0 Å². The fraction of sp³-hybridized carbons (Fsp3) is 0.500. The number of carbonyl (C=O) groups is 2. The van der Waals surface area contributed by atoms with Crippen LogP contribution in [0.3, 0.4) is 0 Å². The van der Waals surface area contributed by atoms with E-state index in [1.807, 2.05) is 32.9 Å². The molecule has 4 aliphatic rings. The van der Waals surface area contributed by atoms with Crippen LogP contribution >= 0.6 is 0 Å². The topological polar surface area (TPSA) is 58.2 Å². The molecule has 2 aromatic rings. The van der Waals surface area contributed by atoms with Gasteiger partial charge in [-0.25, -0.2) is 0 Å². The van der Waals surface area contributed by atoms with Crippen molar-refractivity contribution < 1.29 is 9.59 Å². The molecule has 2 unspecified atom stereocenters. The molecule has 6 rings (SSSR count). The zero-order valence-electron chi connectivity index (χ0n) is 19.7. The maximum absolute atomic E-state index is 13.7. The quantitative estimate of drug-likeness (QED) is 0.617. The summed E-state index contributed by atoms with van der Waals surface area (Å²) in [5, 5.41) is 6.50. The number of carbonyl (C=O) groups excluding carboxylic acids is 2. The molecule has 4 saturated carbocycles. The predicted molar refractivity (Wildman–Crippen MR) is 129 cm³/mol. The van der Waals surface area contributed by atoms with Gasteiger partial charge < -0.3 is 10.6 Å². The number of benzene rings is 2. The summed E-state index contributed by atoms with van der Waals surface area (Å²) in [6.45, 7) is 8.19. The van der Waals surface area contributed by atoms with Gasteiger partial charge in [0.25, 0.3) is 0 Å². The minimum atomic E-state index is -0.431. The maximum Gasteiger partial charge on any atom is 0.230 e. The van der Waals surface area contributed by atoms with Gasteiger partial charge in [-0.1, -0.05) is 29.8 Å². The minimum absolute atomic E-state index is 0.113. The number of hydrogen-bond donors (Lipinski definition) is 2. The Hall–Kier alpha value is -2.62. The van der Waals surface area contributed by atoms with Crippen molar-refractivity contribution >= 4 is 23.2 Å². The molecular formula is C28H34N2O2. The molecule has 4 aliphatic carbocycles. The van der Waals surface area contributed by atoms with Gasteiger partial charge in [0.1, 0.15) is 0 Å². The van der Waals surface area contributed by atoms with Gasteiger partial charge in [-0.3, -0.25) is 9.59 Å². The lowest BCUT2D eigenvalue weighted by molar-refractivity contribution is -0.161. The summed E-state index contributed by atoms with van der Waals surface area (Å²) in [4.78, 5) is 27.4. The van der Waals surface area contributed by atoms with Crippen molar-refractivity contribution in [1.82, 2.24) is 0 Å². The van der Waals surface area contributed by atoms with Gasteiger partial charge in [0.15, 0.2) is 0 Å². The van der Waals surface area contributed by atoms with E-state index in [4.69, 9.17) is 0 Å². The second-order valence-electron chi connectivity index (χ2n) is 11.1. The summed E-state index contributed by atoms with van der Waals surface area (Å²) >= 11 is 0. The van der Waals surface area contributed by atoms with E-state index < -0.39 is 10.8 Å². The van der Waals surface area contributed by atoms with E-state index in [0.29, 0.717) is 18.3 Å². The van der Waals surface area contributed by atoms with Crippen molar-refractivity contribution in [2.24, 2.45) is 22.7 Å². The zero-order valence-corrected chi connectivity index (χ0v) is 19.7. The van der Waals surface area contributed by atoms with Crippen LogP contribution in [0.4, 0.5) is 11.4 Å². The van der Waals surface area contributed by atoms with Crippen LogP contribution in [-0.2, 0) is 9.59 Å². The fourth-order valence-electron chi connectivity index (χ4n) is 7.13. The van der Waals surface area contributed by atoms with Crippen LogP contribution in [-0.4, -0.2) is 11.8 Å².